The van der Waals surface area contributed by atoms with E-state index in [9.17, 15) is 9.59 Å². The van der Waals surface area contributed by atoms with Gasteiger partial charge in [-0.15, -0.1) is 0 Å². The van der Waals surface area contributed by atoms with Crippen LogP contribution in [0.3, 0.4) is 0 Å². The van der Waals surface area contributed by atoms with Crippen LogP contribution in [0, 0.1) is 0 Å². The van der Waals surface area contributed by atoms with Crippen LogP contribution in [0.25, 0.3) is 0 Å². The van der Waals surface area contributed by atoms with Gasteiger partial charge in [0.25, 0.3) is 0 Å². The zero-order valence-corrected chi connectivity index (χ0v) is 16.5. The van der Waals surface area contributed by atoms with E-state index in [4.69, 9.17) is 4.74 Å². The van der Waals surface area contributed by atoms with Gasteiger partial charge in [0.15, 0.2) is 0 Å². The molecule has 2 amide bonds. The number of allylic oxidation sites excluding steroid dienone is 1. The molecule has 1 aromatic carbocycles. The monoisotopic (exact) mass is 385 g/mol. The number of ether oxygens (including phenoxy) is 1. The molecule has 0 aromatic heterocycles. The molecule has 0 bridgehead atoms. The number of hydrogen-bond donors (Lipinski definition) is 2. The summed E-state index contributed by atoms with van der Waals surface area (Å²) >= 11 is 0. The second kappa shape index (κ2) is 10.9. The first-order chi connectivity index (χ1) is 13.7. The van der Waals surface area contributed by atoms with Gasteiger partial charge >= 0.3 is 11.8 Å². The van der Waals surface area contributed by atoms with E-state index in [1.165, 1.54) is 24.1 Å². The molecule has 1 aromatic rings. The number of amides is 2. The Morgan fingerprint density at radius 3 is 2.25 bits per heavy atom. The maximum Gasteiger partial charge on any atom is 0.309 e. The topological polar surface area (TPSA) is 70.7 Å². The molecule has 6 heteroatoms. The maximum absolute atomic E-state index is 11.9. The molecule has 0 spiro atoms. The molecule has 0 atom stereocenters. The summed E-state index contributed by atoms with van der Waals surface area (Å²) in [7, 11) is 0. The Labute approximate surface area is 167 Å². The number of hydrogen-bond acceptors (Lipinski definition) is 4. The summed E-state index contributed by atoms with van der Waals surface area (Å²) in [5, 5.41) is 5.42. The molecule has 6 nitrogen and oxygen atoms in total. The van der Waals surface area contributed by atoms with Crippen LogP contribution < -0.4 is 15.5 Å². The standard InChI is InChI=1S/C22H31N3O3/c26-21(23-12-10-18-4-2-1-3-5-18)22(27)24-13-11-19-6-8-20(9-7-19)25-14-16-28-17-15-25/h4,6-9H,1-3,5,10-17H2,(H,23,26)(H,24,27). The van der Waals surface area contributed by atoms with Crippen molar-refractivity contribution >= 4 is 17.5 Å². The normalized spacial score (nSPS) is 17.0. The summed E-state index contributed by atoms with van der Waals surface area (Å²) < 4.78 is 5.38. The maximum atomic E-state index is 11.9. The van der Waals surface area contributed by atoms with Gasteiger partial charge in [-0.25, -0.2) is 0 Å². The predicted molar refractivity (Wildman–Crippen MR) is 110 cm³/mol. The lowest BCUT2D eigenvalue weighted by atomic mass is 9.97. The van der Waals surface area contributed by atoms with Crippen molar-refractivity contribution in [2.24, 2.45) is 0 Å². The molecule has 1 heterocycles. The Hall–Kier alpha value is -2.34. The highest BCUT2D eigenvalue weighted by atomic mass is 16.5. The van der Waals surface area contributed by atoms with E-state index in [1.807, 2.05) is 0 Å². The molecule has 0 radical (unpaired) electrons. The van der Waals surface area contributed by atoms with E-state index in [0.29, 0.717) is 19.5 Å². The summed E-state index contributed by atoms with van der Waals surface area (Å²) in [6.07, 6.45) is 8.55. The fraction of sp³-hybridized carbons (Fsp3) is 0.545. The zero-order valence-electron chi connectivity index (χ0n) is 16.5. The van der Waals surface area contributed by atoms with Crippen molar-refractivity contribution in [2.45, 2.75) is 38.5 Å². The minimum Gasteiger partial charge on any atom is -0.378 e. The average molecular weight is 386 g/mol. The van der Waals surface area contributed by atoms with Gasteiger partial charge < -0.3 is 20.3 Å². The van der Waals surface area contributed by atoms with Crippen LogP contribution in [0.15, 0.2) is 35.9 Å². The van der Waals surface area contributed by atoms with Crippen molar-refractivity contribution in [3.05, 3.63) is 41.5 Å². The van der Waals surface area contributed by atoms with Crippen molar-refractivity contribution in [3.8, 4) is 0 Å². The van der Waals surface area contributed by atoms with Gasteiger partial charge in [-0.2, -0.15) is 0 Å². The van der Waals surface area contributed by atoms with Crippen LogP contribution >= 0.6 is 0 Å². The molecule has 2 N–H and O–H groups in total. The molecular formula is C22H31N3O3. The van der Waals surface area contributed by atoms with Gasteiger partial charge in [-0.1, -0.05) is 23.8 Å². The lowest BCUT2D eigenvalue weighted by molar-refractivity contribution is -0.139. The molecule has 0 saturated carbocycles. The number of rotatable bonds is 7. The fourth-order valence-electron chi connectivity index (χ4n) is 3.64. The Morgan fingerprint density at radius 1 is 0.929 bits per heavy atom. The third-order valence-electron chi connectivity index (χ3n) is 5.33. The Balaban J connectivity index is 1.32. The molecular weight excluding hydrogens is 354 g/mol. The Bertz CT molecular complexity index is 679. The third-order valence-corrected chi connectivity index (χ3v) is 5.33. The van der Waals surface area contributed by atoms with E-state index in [1.54, 1.807) is 0 Å². The van der Waals surface area contributed by atoms with Crippen molar-refractivity contribution in [3.63, 3.8) is 0 Å². The van der Waals surface area contributed by atoms with Crippen LogP contribution in [-0.2, 0) is 20.7 Å². The summed E-state index contributed by atoms with van der Waals surface area (Å²) in [5.41, 5.74) is 3.73. The Morgan fingerprint density at radius 2 is 1.61 bits per heavy atom. The van der Waals surface area contributed by atoms with Gasteiger partial charge in [-0.3, -0.25) is 9.59 Å². The summed E-state index contributed by atoms with van der Waals surface area (Å²) in [6, 6.07) is 8.37. The molecule has 1 fully saturated rings. The molecule has 1 aliphatic heterocycles. The minimum atomic E-state index is -0.553. The number of nitrogens with one attached hydrogen (secondary N) is 2. The summed E-state index contributed by atoms with van der Waals surface area (Å²) in [4.78, 5) is 26.1. The summed E-state index contributed by atoms with van der Waals surface area (Å²) in [5.74, 6) is -1.10. The largest absolute Gasteiger partial charge is 0.378 e. The van der Waals surface area contributed by atoms with Crippen molar-refractivity contribution in [1.82, 2.24) is 10.6 Å². The highest BCUT2D eigenvalue weighted by Crippen LogP contribution is 2.19. The average Bonchev–Trinajstić information content (AvgIpc) is 2.75. The van der Waals surface area contributed by atoms with Crippen LogP contribution in [0.2, 0.25) is 0 Å². The first-order valence-corrected chi connectivity index (χ1v) is 10.4. The van der Waals surface area contributed by atoms with E-state index < -0.39 is 11.8 Å². The van der Waals surface area contributed by atoms with Crippen LogP contribution in [0.1, 0.15) is 37.7 Å². The van der Waals surface area contributed by atoms with Crippen LogP contribution in [0.5, 0.6) is 0 Å². The van der Waals surface area contributed by atoms with Gasteiger partial charge in [0.05, 0.1) is 13.2 Å². The van der Waals surface area contributed by atoms with Crippen LogP contribution in [-0.4, -0.2) is 51.2 Å². The second-order valence-corrected chi connectivity index (χ2v) is 7.39. The van der Waals surface area contributed by atoms with Gasteiger partial charge in [0.1, 0.15) is 0 Å². The molecule has 2 aliphatic rings. The molecule has 3 rings (SSSR count). The quantitative estimate of drug-likeness (QED) is 0.558. The zero-order chi connectivity index (χ0) is 19.6. The smallest absolute Gasteiger partial charge is 0.309 e. The fourth-order valence-corrected chi connectivity index (χ4v) is 3.64. The first kappa shape index (κ1) is 20.4. The van der Waals surface area contributed by atoms with Crippen molar-refractivity contribution in [2.75, 3.05) is 44.3 Å². The van der Waals surface area contributed by atoms with E-state index >= 15 is 0 Å². The molecule has 28 heavy (non-hydrogen) atoms. The van der Waals surface area contributed by atoms with Crippen LogP contribution in [0.4, 0.5) is 5.69 Å². The van der Waals surface area contributed by atoms with Gasteiger partial charge in [0, 0.05) is 31.9 Å². The number of carbonyl (C=O) groups excluding carboxylic acids is 2. The van der Waals surface area contributed by atoms with Crippen molar-refractivity contribution < 1.29 is 14.3 Å². The first-order valence-electron chi connectivity index (χ1n) is 10.4. The number of nitrogens with zero attached hydrogens (tertiary/aromatic N) is 1. The SMILES string of the molecule is O=C(NCCC1=CCCCC1)C(=O)NCCc1ccc(N2CCOCC2)cc1. The number of carbonyl (C=O) groups is 2. The lowest BCUT2D eigenvalue weighted by Gasteiger charge is -2.28. The highest BCUT2D eigenvalue weighted by Gasteiger charge is 2.13. The molecule has 1 saturated heterocycles. The lowest BCUT2D eigenvalue weighted by Crippen LogP contribution is -2.41. The highest BCUT2D eigenvalue weighted by molar-refractivity contribution is 6.35. The predicted octanol–water partition coefficient (Wildman–Crippen LogP) is 2.19. The molecule has 152 valence electrons. The molecule has 1 aliphatic carbocycles. The van der Waals surface area contributed by atoms with Crippen molar-refractivity contribution in [1.29, 1.82) is 0 Å². The Kier molecular flexibility index (Phi) is 7.91. The van der Waals surface area contributed by atoms with E-state index in [0.717, 1.165) is 51.1 Å². The second-order valence-electron chi connectivity index (χ2n) is 7.39. The van der Waals surface area contributed by atoms with Gasteiger partial charge in [-0.05, 0) is 56.2 Å². The number of benzene rings is 1. The molecule has 0 unspecified atom stereocenters. The number of anilines is 1. The minimum absolute atomic E-state index is 0.453. The summed E-state index contributed by atoms with van der Waals surface area (Å²) in [6.45, 7) is 4.36. The number of morpholine rings is 1. The third kappa shape index (κ3) is 6.37. The van der Waals surface area contributed by atoms with Gasteiger partial charge in [0.2, 0.25) is 0 Å². The van der Waals surface area contributed by atoms with E-state index in [2.05, 4.69) is 45.9 Å². The van der Waals surface area contributed by atoms with E-state index in [-0.39, 0.29) is 0 Å².